The van der Waals surface area contributed by atoms with Crippen molar-refractivity contribution in [1.82, 2.24) is 9.97 Å². The minimum atomic E-state index is -1.03. The zero-order chi connectivity index (χ0) is 24.1. The lowest BCUT2D eigenvalue weighted by molar-refractivity contribution is -0.115. The number of nitrogens with one attached hydrogen (secondary N) is 2. The maximum Gasteiger partial charge on any atom is 0.335 e. The molecule has 4 rings (SSSR count). The lowest BCUT2D eigenvalue weighted by Crippen LogP contribution is -2.12. The largest absolute Gasteiger partial charge is 0.478 e. The average Bonchev–Trinajstić information content (AvgIpc) is 3.24. The molecule has 0 fully saturated rings. The average molecular weight is 472 g/mol. The number of carboxylic acid groups (broad SMARTS) is 1. The van der Waals surface area contributed by atoms with Gasteiger partial charge < -0.3 is 15.4 Å². The van der Waals surface area contributed by atoms with Crippen molar-refractivity contribution in [2.24, 2.45) is 0 Å². The van der Waals surface area contributed by atoms with Crippen molar-refractivity contribution in [3.05, 3.63) is 89.5 Å². The van der Waals surface area contributed by atoms with E-state index < -0.39 is 5.97 Å². The second-order valence-electron chi connectivity index (χ2n) is 8.03. The number of thioether (sulfide) groups is 1. The summed E-state index contributed by atoms with van der Waals surface area (Å²) in [7, 11) is 0. The number of carbonyl (C=O) groups is 2. The summed E-state index contributed by atoms with van der Waals surface area (Å²) in [6, 6.07) is 22.8. The molecule has 0 aliphatic heterocycles. The Morgan fingerprint density at radius 3 is 2.24 bits per heavy atom. The van der Waals surface area contributed by atoms with Crippen LogP contribution in [0.1, 0.15) is 27.9 Å². The van der Waals surface area contributed by atoms with E-state index in [1.54, 1.807) is 12.1 Å². The van der Waals surface area contributed by atoms with E-state index in [0.717, 1.165) is 27.7 Å². The van der Waals surface area contributed by atoms with Gasteiger partial charge in [-0.1, -0.05) is 77.5 Å². The van der Waals surface area contributed by atoms with Crippen molar-refractivity contribution in [3.8, 4) is 22.5 Å². The van der Waals surface area contributed by atoms with Crippen molar-refractivity contribution in [2.75, 3.05) is 11.1 Å². The van der Waals surface area contributed by atoms with Crippen molar-refractivity contribution < 1.29 is 14.7 Å². The first-order valence-corrected chi connectivity index (χ1v) is 11.9. The molecule has 0 bridgehead atoms. The lowest BCUT2D eigenvalue weighted by Gasteiger charge is -2.05. The summed E-state index contributed by atoms with van der Waals surface area (Å²) in [5.74, 6) is -0.684. The molecule has 1 heterocycles. The molecule has 6 nitrogen and oxygen atoms in total. The van der Waals surface area contributed by atoms with Gasteiger partial charge in [0.1, 0.15) is 0 Å². The second kappa shape index (κ2) is 10.4. The van der Waals surface area contributed by atoms with E-state index in [4.69, 9.17) is 10.1 Å². The summed E-state index contributed by atoms with van der Waals surface area (Å²) < 4.78 is 0. The van der Waals surface area contributed by atoms with Gasteiger partial charge >= 0.3 is 5.97 Å². The SMILES string of the molecule is Cc1ccc(-c2nc(SCCC(=O)Nc3cccc(C(=O)O)c3)[nH]c2-c2ccc(C)cc2)cc1. The van der Waals surface area contributed by atoms with Crippen molar-refractivity contribution in [2.45, 2.75) is 25.4 Å². The van der Waals surface area contributed by atoms with Gasteiger partial charge in [-0.05, 0) is 32.0 Å². The van der Waals surface area contributed by atoms with Gasteiger partial charge in [-0.2, -0.15) is 0 Å². The molecule has 0 atom stereocenters. The minimum absolute atomic E-state index is 0.134. The van der Waals surface area contributed by atoms with E-state index in [-0.39, 0.29) is 17.9 Å². The van der Waals surface area contributed by atoms with Crippen molar-refractivity contribution in [1.29, 1.82) is 0 Å². The number of aromatic nitrogens is 2. The van der Waals surface area contributed by atoms with E-state index in [1.165, 1.54) is 35.0 Å². The van der Waals surface area contributed by atoms with Crippen molar-refractivity contribution >= 4 is 29.3 Å². The summed E-state index contributed by atoms with van der Waals surface area (Å²) in [5, 5.41) is 12.6. The summed E-state index contributed by atoms with van der Waals surface area (Å²) in [6.07, 6.45) is 0.266. The van der Waals surface area contributed by atoms with Crippen LogP contribution in [0.3, 0.4) is 0 Å². The monoisotopic (exact) mass is 471 g/mol. The third-order valence-electron chi connectivity index (χ3n) is 5.31. The van der Waals surface area contributed by atoms with Gasteiger partial charge in [0, 0.05) is 29.0 Å². The highest BCUT2D eigenvalue weighted by atomic mass is 32.2. The summed E-state index contributed by atoms with van der Waals surface area (Å²) in [5.41, 5.74) is 6.88. The fraction of sp³-hybridized carbons (Fsp3) is 0.148. The Kier molecular flexibility index (Phi) is 7.13. The number of carboxylic acids is 1. The number of hydrogen-bond donors (Lipinski definition) is 3. The lowest BCUT2D eigenvalue weighted by atomic mass is 10.0. The minimum Gasteiger partial charge on any atom is -0.478 e. The van der Waals surface area contributed by atoms with Crippen LogP contribution in [-0.2, 0) is 4.79 Å². The molecule has 34 heavy (non-hydrogen) atoms. The Labute approximate surface area is 202 Å². The maximum absolute atomic E-state index is 12.4. The number of nitrogens with zero attached hydrogens (tertiary/aromatic N) is 1. The van der Waals surface area contributed by atoms with Crippen LogP contribution in [0.25, 0.3) is 22.5 Å². The molecule has 0 aliphatic carbocycles. The topological polar surface area (TPSA) is 95.1 Å². The Bertz CT molecular complexity index is 1250. The van der Waals surface area contributed by atoms with Crippen molar-refractivity contribution in [3.63, 3.8) is 0 Å². The predicted octanol–water partition coefficient (Wildman–Crippen LogP) is 6.18. The van der Waals surface area contributed by atoms with Crippen LogP contribution >= 0.6 is 11.8 Å². The molecule has 172 valence electrons. The molecular formula is C27H25N3O3S. The quantitative estimate of drug-likeness (QED) is 0.267. The van der Waals surface area contributed by atoms with Gasteiger partial charge in [0.15, 0.2) is 5.16 Å². The van der Waals surface area contributed by atoms with Crippen LogP contribution < -0.4 is 5.32 Å². The third kappa shape index (κ3) is 5.74. The third-order valence-corrected chi connectivity index (χ3v) is 6.18. The number of rotatable bonds is 8. The summed E-state index contributed by atoms with van der Waals surface area (Å²) >= 11 is 1.48. The molecule has 0 aliphatic rings. The smallest absolute Gasteiger partial charge is 0.335 e. The fourth-order valence-electron chi connectivity index (χ4n) is 3.46. The molecule has 0 radical (unpaired) electrons. The number of carbonyl (C=O) groups excluding carboxylic acids is 1. The molecule has 1 aromatic heterocycles. The van der Waals surface area contributed by atoms with Crippen LogP contribution in [0.4, 0.5) is 5.69 Å². The molecule has 0 saturated carbocycles. The number of amides is 1. The first kappa shape index (κ1) is 23.3. The van der Waals surface area contributed by atoms with Crippen LogP contribution in [0.15, 0.2) is 78.0 Å². The number of aromatic amines is 1. The van der Waals surface area contributed by atoms with E-state index >= 15 is 0 Å². The highest BCUT2D eigenvalue weighted by Gasteiger charge is 2.15. The van der Waals surface area contributed by atoms with Gasteiger partial charge in [-0.15, -0.1) is 0 Å². The van der Waals surface area contributed by atoms with Gasteiger partial charge in [0.05, 0.1) is 17.0 Å². The standard InChI is InChI=1S/C27H25N3O3S/c1-17-6-10-19(11-7-17)24-25(20-12-8-18(2)9-13-20)30-27(29-24)34-15-14-23(31)28-22-5-3-4-21(16-22)26(32)33/h3-13,16H,14-15H2,1-2H3,(H,28,31)(H,29,30)(H,32,33). The predicted molar refractivity (Wildman–Crippen MR) is 136 cm³/mol. The number of imidazole rings is 1. The van der Waals surface area contributed by atoms with Gasteiger partial charge in [-0.25, -0.2) is 9.78 Å². The van der Waals surface area contributed by atoms with E-state index in [9.17, 15) is 9.59 Å². The molecule has 3 aromatic carbocycles. The van der Waals surface area contributed by atoms with E-state index in [1.807, 2.05) is 0 Å². The zero-order valence-corrected chi connectivity index (χ0v) is 19.8. The number of hydrogen-bond acceptors (Lipinski definition) is 4. The molecule has 0 saturated heterocycles. The normalized spacial score (nSPS) is 10.8. The molecule has 0 unspecified atom stereocenters. The fourth-order valence-corrected chi connectivity index (χ4v) is 4.27. The van der Waals surface area contributed by atoms with Gasteiger partial charge in [0.25, 0.3) is 0 Å². The number of aryl methyl sites for hydroxylation is 2. The highest BCUT2D eigenvalue weighted by molar-refractivity contribution is 7.99. The Morgan fingerprint density at radius 1 is 0.941 bits per heavy atom. The Morgan fingerprint density at radius 2 is 1.59 bits per heavy atom. The molecule has 1 amide bonds. The molecule has 0 spiro atoms. The van der Waals surface area contributed by atoms with E-state index in [2.05, 4.69) is 72.7 Å². The number of aromatic carboxylic acids is 1. The first-order chi connectivity index (χ1) is 16.4. The maximum atomic E-state index is 12.4. The first-order valence-electron chi connectivity index (χ1n) is 10.9. The van der Waals surface area contributed by atoms with Gasteiger partial charge in [0.2, 0.25) is 5.91 Å². The molecule has 7 heteroatoms. The van der Waals surface area contributed by atoms with E-state index in [0.29, 0.717) is 11.4 Å². The molecular weight excluding hydrogens is 446 g/mol. The summed E-state index contributed by atoms with van der Waals surface area (Å²) in [6.45, 7) is 4.11. The number of H-pyrrole nitrogens is 1. The number of anilines is 1. The molecule has 4 aromatic rings. The summed E-state index contributed by atoms with van der Waals surface area (Å²) in [4.78, 5) is 31.7. The zero-order valence-electron chi connectivity index (χ0n) is 19.0. The number of benzene rings is 3. The Balaban J connectivity index is 1.46. The van der Waals surface area contributed by atoms with Gasteiger partial charge in [-0.3, -0.25) is 4.79 Å². The highest BCUT2D eigenvalue weighted by Crippen LogP contribution is 2.33. The van der Waals surface area contributed by atoms with Crippen LogP contribution in [0, 0.1) is 13.8 Å². The second-order valence-corrected chi connectivity index (χ2v) is 9.11. The molecule has 3 N–H and O–H groups in total. The van der Waals surface area contributed by atoms with Crippen LogP contribution in [0.5, 0.6) is 0 Å². The van der Waals surface area contributed by atoms with Crippen LogP contribution in [-0.4, -0.2) is 32.7 Å². The Hall–Kier alpha value is -3.84. The van der Waals surface area contributed by atoms with Crippen LogP contribution in [0.2, 0.25) is 0 Å².